The number of ether oxygens (including phenoxy) is 1. The maximum Gasteiger partial charge on any atom is 0.169 e. The smallest absolute Gasteiger partial charge is 0.169 e. The van der Waals surface area contributed by atoms with Crippen molar-refractivity contribution in [1.29, 1.82) is 0 Å². The summed E-state index contributed by atoms with van der Waals surface area (Å²) in [6, 6.07) is 0. The molecule has 0 aromatic heterocycles. The van der Waals surface area contributed by atoms with Crippen molar-refractivity contribution in [2.75, 3.05) is 6.79 Å². The van der Waals surface area contributed by atoms with E-state index in [9.17, 15) is 0 Å². The molecular weight excluding hydrogens is 382 g/mol. The summed E-state index contributed by atoms with van der Waals surface area (Å²) in [5.41, 5.74) is 4.21. The van der Waals surface area contributed by atoms with Crippen LogP contribution in [0.2, 0.25) is 0 Å². The molecule has 3 nitrogen and oxygen atoms in total. The highest BCUT2D eigenvalue weighted by atomic mass is 16.8. The first kappa shape index (κ1) is 22.7. The van der Waals surface area contributed by atoms with E-state index in [0.717, 1.165) is 54.3 Å². The highest BCUT2D eigenvalue weighted by Gasteiger charge is 2.62. The van der Waals surface area contributed by atoms with Crippen LogP contribution >= 0.6 is 0 Å². The molecular formula is C28H49NO2. The molecule has 1 saturated heterocycles. The van der Waals surface area contributed by atoms with E-state index in [1.165, 1.54) is 64.2 Å². The van der Waals surface area contributed by atoms with E-state index in [2.05, 4.69) is 40.1 Å². The van der Waals surface area contributed by atoms with Crippen LogP contribution in [0, 0.1) is 52.3 Å². The van der Waals surface area contributed by atoms with Gasteiger partial charge in [-0.05, 0) is 110 Å². The van der Waals surface area contributed by atoms with Gasteiger partial charge in [-0.3, -0.25) is 4.84 Å². The van der Waals surface area contributed by atoms with Gasteiger partial charge in [0.1, 0.15) is 5.72 Å². The molecule has 5 aliphatic rings. The van der Waals surface area contributed by atoms with Gasteiger partial charge in [-0.15, -0.1) is 0 Å². The summed E-state index contributed by atoms with van der Waals surface area (Å²) in [4.78, 5) is 5.43. The van der Waals surface area contributed by atoms with Gasteiger partial charge in [-0.2, -0.15) is 5.48 Å². The molecule has 3 heteroatoms. The third-order valence-corrected chi connectivity index (χ3v) is 11.6. The Hall–Kier alpha value is -0.120. The summed E-state index contributed by atoms with van der Waals surface area (Å²) in [7, 11) is 0. The van der Waals surface area contributed by atoms with Gasteiger partial charge in [-0.25, -0.2) is 0 Å². The maximum atomic E-state index is 6.05. The quantitative estimate of drug-likeness (QED) is 0.495. The Morgan fingerprint density at radius 2 is 1.68 bits per heavy atom. The van der Waals surface area contributed by atoms with E-state index in [4.69, 9.17) is 9.57 Å². The van der Waals surface area contributed by atoms with E-state index in [1.807, 2.05) is 0 Å². The Bertz CT molecular complexity index is 643. The summed E-state index contributed by atoms with van der Waals surface area (Å²) in [6.45, 7) is 13.2. The van der Waals surface area contributed by atoms with Gasteiger partial charge in [0.2, 0.25) is 0 Å². The molecule has 1 N–H and O–H groups in total. The fourth-order valence-electron chi connectivity index (χ4n) is 9.81. The van der Waals surface area contributed by atoms with Gasteiger partial charge >= 0.3 is 0 Å². The minimum atomic E-state index is -0.177. The molecule has 1 heterocycles. The fraction of sp³-hybridized carbons (Fsp3) is 1.00. The molecule has 0 radical (unpaired) electrons. The zero-order valence-corrected chi connectivity index (χ0v) is 21.1. The second-order valence-corrected chi connectivity index (χ2v) is 13.4. The summed E-state index contributed by atoms with van der Waals surface area (Å²) < 4.78 is 6.05. The molecule has 1 aliphatic heterocycles. The first-order chi connectivity index (χ1) is 14.8. The van der Waals surface area contributed by atoms with Crippen LogP contribution in [-0.2, 0) is 9.57 Å². The normalized spacial score (nSPS) is 50.3. The minimum Gasteiger partial charge on any atom is -0.331 e. The molecule has 0 amide bonds. The van der Waals surface area contributed by atoms with Crippen molar-refractivity contribution in [3.63, 3.8) is 0 Å². The second kappa shape index (κ2) is 8.27. The molecule has 0 aromatic rings. The lowest BCUT2D eigenvalue weighted by Gasteiger charge is -2.62. The van der Waals surface area contributed by atoms with Crippen molar-refractivity contribution >= 4 is 0 Å². The summed E-state index contributed by atoms with van der Waals surface area (Å²) in [6.07, 6.45) is 16.8. The Morgan fingerprint density at radius 1 is 0.871 bits per heavy atom. The van der Waals surface area contributed by atoms with Crippen LogP contribution in [0.5, 0.6) is 0 Å². The molecule has 4 saturated carbocycles. The zero-order valence-electron chi connectivity index (χ0n) is 21.1. The molecule has 178 valence electrons. The van der Waals surface area contributed by atoms with Crippen LogP contribution in [0.1, 0.15) is 112 Å². The molecule has 9 atom stereocenters. The lowest BCUT2D eigenvalue weighted by molar-refractivity contribution is -0.161. The van der Waals surface area contributed by atoms with Crippen molar-refractivity contribution in [1.82, 2.24) is 5.48 Å². The molecule has 0 bridgehead atoms. The summed E-state index contributed by atoms with van der Waals surface area (Å²) >= 11 is 0. The number of hydroxylamine groups is 1. The van der Waals surface area contributed by atoms with Crippen molar-refractivity contribution in [2.45, 2.75) is 117 Å². The summed E-state index contributed by atoms with van der Waals surface area (Å²) in [5.74, 6) is 6.46. The van der Waals surface area contributed by atoms with Gasteiger partial charge in [0, 0.05) is 0 Å². The second-order valence-electron chi connectivity index (χ2n) is 13.4. The first-order valence-corrected chi connectivity index (χ1v) is 13.8. The Morgan fingerprint density at radius 3 is 2.42 bits per heavy atom. The van der Waals surface area contributed by atoms with Crippen LogP contribution in [0.15, 0.2) is 0 Å². The fourth-order valence-corrected chi connectivity index (χ4v) is 9.81. The predicted molar refractivity (Wildman–Crippen MR) is 126 cm³/mol. The van der Waals surface area contributed by atoms with E-state index in [0.29, 0.717) is 17.6 Å². The molecule has 5 rings (SSSR count). The Labute approximate surface area is 191 Å². The third kappa shape index (κ3) is 3.73. The third-order valence-electron chi connectivity index (χ3n) is 11.6. The zero-order chi connectivity index (χ0) is 21.9. The number of nitrogens with one attached hydrogen (secondary N) is 1. The predicted octanol–water partition coefficient (Wildman–Crippen LogP) is 7.31. The molecule has 0 aromatic carbocycles. The summed E-state index contributed by atoms with van der Waals surface area (Å²) in [5, 5.41) is 0. The molecule has 5 fully saturated rings. The van der Waals surface area contributed by atoms with Crippen LogP contribution in [0.25, 0.3) is 0 Å². The van der Waals surface area contributed by atoms with E-state index in [1.54, 1.807) is 0 Å². The number of fused-ring (bicyclic) bond motifs is 5. The molecule has 9 unspecified atom stereocenters. The van der Waals surface area contributed by atoms with Crippen molar-refractivity contribution in [3.8, 4) is 0 Å². The van der Waals surface area contributed by atoms with E-state index in [-0.39, 0.29) is 5.72 Å². The van der Waals surface area contributed by atoms with E-state index < -0.39 is 0 Å². The highest BCUT2D eigenvalue weighted by molar-refractivity contribution is 5.10. The van der Waals surface area contributed by atoms with Crippen molar-refractivity contribution in [3.05, 3.63) is 0 Å². The molecule has 4 aliphatic carbocycles. The average Bonchev–Trinajstić information content (AvgIpc) is 3.32. The number of hydrogen-bond acceptors (Lipinski definition) is 3. The van der Waals surface area contributed by atoms with Crippen LogP contribution in [-0.4, -0.2) is 12.5 Å². The van der Waals surface area contributed by atoms with Gasteiger partial charge in [-0.1, -0.05) is 53.9 Å². The van der Waals surface area contributed by atoms with Crippen molar-refractivity contribution < 1.29 is 9.57 Å². The van der Waals surface area contributed by atoms with Crippen LogP contribution < -0.4 is 5.48 Å². The lowest BCUT2D eigenvalue weighted by atomic mass is 9.44. The van der Waals surface area contributed by atoms with Crippen molar-refractivity contribution in [2.24, 2.45) is 52.3 Å². The van der Waals surface area contributed by atoms with E-state index >= 15 is 0 Å². The SMILES string of the molecule is CC(C)CCCC(C)C1CCC2C3CCC4CC5(CCC4(C)C3CCC12C)NOCO5. The Kier molecular flexibility index (Phi) is 6.05. The number of rotatable bonds is 5. The van der Waals surface area contributed by atoms with Gasteiger partial charge in [0.15, 0.2) is 6.79 Å². The largest absolute Gasteiger partial charge is 0.331 e. The molecule has 1 spiro atoms. The van der Waals surface area contributed by atoms with Crippen LogP contribution in [0.4, 0.5) is 0 Å². The molecule has 31 heavy (non-hydrogen) atoms. The topological polar surface area (TPSA) is 30.5 Å². The maximum absolute atomic E-state index is 6.05. The highest BCUT2D eigenvalue weighted by Crippen LogP contribution is 2.69. The minimum absolute atomic E-state index is 0.177. The number of hydrogen-bond donors (Lipinski definition) is 1. The average molecular weight is 432 g/mol. The standard InChI is InChI=1S/C28H49NO2/c1-19(2)7-6-8-20(3)23-11-12-24-22-10-9-21-17-28(29-31-18-30-28)16-15-26(21,4)25(22)13-14-27(23,24)5/h19-25,29H,6-18H2,1-5H3. The van der Waals surface area contributed by atoms with Gasteiger partial charge < -0.3 is 4.74 Å². The Balaban J connectivity index is 1.28. The van der Waals surface area contributed by atoms with Gasteiger partial charge in [0.25, 0.3) is 0 Å². The first-order valence-electron chi connectivity index (χ1n) is 13.8. The lowest BCUT2D eigenvalue weighted by Crippen LogP contribution is -2.58. The monoisotopic (exact) mass is 431 g/mol. The van der Waals surface area contributed by atoms with Gasteiger partial charge in [0.05, 0.1) is 0 Å². The van der Waals surface area contributed by atoms with Crippen LogP contribution in [0.3, 0.4) is 0 Å².